The first-order valence-electron chi connectivity index (χ1n) is 11.6. The van der Waals surface area contributed by atoms with Crippen LogP contribution in [0.2, 0.25) is 0 Å². The summed E-state index contributed by atoms with van der Waals surface area (Å²) >= 11 is 0. The molecule has 0 radical (unpaired) electrons. The molecule has 1 aromatic heterocycles. The number of carbonyl (C=O) groups is 1. The molecular weight excluding hydrogens is 412 g/mol. The molecule has 5 heteroatoms. The van der Waals surface area contributed by atoms with Crippen molar-refractivity contribution in [2.45, 2.75) is 46.0 Å². The van der Waals surface area contributed by atoms with Gasteiger partial charge in [0, 0.05) is 16.8 Å². The first-order valence-corrected chi connectivity index (χ1v) is 11.6. The van der Waals surface area contributed by atoms with E-state index in [0.29, 0.717) is 29.7 Å². The summed E-state index contributed by atoms with van der Waals surface area (Å²) in [7, 11) is 0. The van der Waals surface area contributed by atoms with Crippen molar-refractivity contribution in [1.29, 1.82) is 0 Å². The average Bonchev–Trinajstić information content (AvgIpc) is 3.28. The molecule has 0 spiro atoms. The maximum Gasteiger partial charge on any atom is 0.255 e. The van der Waals surface area contributed by atoms with Crippen LogP contribution in [0.15, 0.2) is 71.1 Å². The highest BCUT2D eigenvalue weighted by Crippen LogP contribution is 2.29. The summed E-state index contributed by atoms with van der Waals surface area (Å²) in [4.78, 5) is 17.4. The fraction of sp³-hybridized carbons (Fsp3) is 0.286. The molecule has 0 unspecified atom stereocenters. The molecule has 170 valence electrons. The van der Waals surface area contributed by atoms with Gasteiger partial charge < -0.3 is 14.5 Å². The largest absolute Gasteiger partial charge is 0.494 e. The average molecular weight is 443 g/mol. The number of unbranched alkanes of at least 4 members (excludes halogenated alkanes) is 1. The van der Waals surface area contributed by atoms with Crippen molar-refractivity contribution < 1.29 is 13.9 Å². The molecule has 0 saturated heterocycles. The Morgan fingerprint density at radius 2 is 1.88 bits per heavy atom. The van der Waals surface area contributed by atoms with Crippen LogP contribution in [-0.2, 0) is 0 Å². The normalized spacial score (nSPS) is 12.0. The van der Waals surface area contributed by atoms with Gasteiger partial charge in [-0.2, -0.15) is 0 Å². The molecule has 0 fully saturated rings. The lowest BCUT2D eigenvalue weighted by Gasteiger charge is -2.08. The summed E-state index contributed by atoms with van der Waals surface area (Å²) in [6.07, 6.45) is 3.17. The molecule has 0 aliphatic heterocycles. The Labute approximate surface area is 194 Å². The first kappa shape index (κ1) is 22.6. The van der Waals surface area contributed by atoms with Crippen LogP contribution in [0.25, 0.3) is 22.6 Å². The molecule has 1 atom stereocenters. The molecule has 0 aliphatic rings. The van der Waals surface area contributed by atoms with E-state index in [1.807, 2.05) is 42.5 Å². The highest BCUT2D eigenvalue weighted by atomic mass is 16.5. The number of hydrogen-bond acceptors (Lipinski definition) is 4. The number of ether oxygens (including phenoxy) is 1. The van der Waals surface area contributed by atoms with Gasteiger partial charge in [0.25, 0.3) is 5.91 Å². The fourth-order valence-corrected chi connectivity index (χ4v) is 3.58. The van der Waals surface area contributed by atoms with Crippen LogP contribution in [0.1, 0.15) is 61.9 Å². The first-order chi connectivity index (χ1) is 16.1. The zero-order chi connectivity index (χ0) is 23.2. The van der Waals surface area contributed by atoms with E-state index >= 15 is 0 Å². The number of benzene rings is 3. The van der Waals surface area contributed by atoms with Crippen molar-refractivity contribution in [3.8, 4) is 17.2 Å². The minimum Gasteiger partial charge on any atom is -0.494 e. The topological polar surface area (TPSA) is 64.4 Å². The number of amides is 1. The van der Waals surface area contributed by atoms with Crippen LogP contribution in [-0.4, -0.2) is 17.5 Å². The van der Waals surface area contributed by atoms with E-state index < -0.39 is 0 Å². The molecule has 33 heavy (non-hydrogen) atoms. The van der Waals surface area contributed by atoms with Gasteiger partial charge in [-0.1, -0.05) is 39.3 Å². The van der Waals surface area contributed by atoms with Gasteiger partial charge in [-0.25, -0.2) is 4.98 Å². The number of carbonyl (C=O) groups excluding carboxylic acids is 1. The van der Waals surface area contributed by atoms with Gasteiger partial charge in [0.2, 0.25) is 5.89 Å². The number of fused-ring (bicyclic) bond motifs is 1. The smallest absolute Gasteiger partial charge is 0.255 e. The zero-order valence-electron chi connectivity index (χ0n) is 19.4. The van der Waals surface area contributed by atoms with Crippen molar-refractivity contribution in [1.82, 2.24) is 4.98 Å². The maximum absolute atomic E-state index is 12.7. The van der Waals surface area contributed by atoms with E-state index in [4.69, 9.17) is 9.15 Å². The SMILES string of the molecule is CCCCOc1ccc(C(=O)Nc2cccc(-c3nc4cc([C@H](C)CC)ccc4o3)c2)cc1. The third-order valence-electron chi connectivity index (χ3n) is 5.84. The van der Waals surface area contributed by atoms with Crippen molar-refractivity contribution in [2.75, 3.05) is 11.9 Å². The van der Waals surface area contributed by atoms with E-state index in [9.17, 15) is 4.79 Å². The number of nitrogens with one attached hydrogen (secondary N) is 1. The number of nitrogens with zero attached hydrogens (tertiary/aromatic N) is 1. The van der Waals surface area contributed by atoms with Crippen LogP contribution in [0.4, 0.5) is 5.69 Å². The molecule has 0 bridgehead atoms. The molecule has 4 rings (SSSR count). The number of hydrogen-bond donors (Lipinski definition) is 1. The minimum atomic E-state index is -0.178. The van der Waals surface area contributed by atoms with Gasteiger partial charge in [0.05, 0.1) is 6.61 Å². The zero-order valence-corrected chi connectivity index (χ0v) is 19.4. The standard InChI is InChI=1S/C28H30N2O3/c1-4-6-16-32-24-13-10-20(11-14-24)27(31)29-23-9-7-8-22(17-23)28-30-25-18-21(19(3)5-2)12-15-26(25)33-28/h7-15,17-19H,4-6,16H2,1-3H3,(H,29,31)/t19-/m1/s1. The van der Waals surface area contributed by atoms with Crippen LogP contribution in [0.5, 0.6) is 5.75 Å². The van der Waals surface area contributed by atoms with Crippen LogP contribution < -0.4 is 10.1 Å². The molecule has 5 nitrogen and oxygen atoms in total. The second-order valence-corrected chi connectivity index (χ2v) is 8.32. The van der Waals surface area contributed by atoms with Gasteiger partial charge in [0.15, 0.2) is 5.58 Å². The third kappa shape index (κ3) is 5.43. The number of rotatable bonds is 9. The van der Waals surface area contributed by atoms with E-state index in [0.717, 1.165) is 41.7 Å². The molecule has 3 aromatic carbocycles. The summed E-state index contributed by atoms with van der Waals surface area (Å²) in [5, 5.41) is 2.96. The highest BCUT2D eigenvalue weighted by molar-refractivity contribution is 6.04. The number of oxazole rings is 1. The Kier molecular flexibility index (Phi) is 7.08. The molecule has 4 aromatic rings. The molecule has 0 aliphatic carbocycles. The van der Waals surface area contributed by atoms with Gasteiger partial charge in [0.1, 0.15) is 11.3 Å². The Hall–Kier alpha value is -3.60. The number of anilines is 1. The summed E-state index contributed by atoms with van der Waals surface area (Å²) in [5.74, 6) is 1.61. The van der Waals surface area contributed by atoms with E-state index in [1.54, 1.807) is 12.1 Å². The van der Waals surface area contributed by atoms with Crippen LogP contribution >= 0.6 is 0 Å². The predicted octanol–water partition coefficient (Wildman–Crippen LogP) is 7.44. The lowest BCUT2D eigenvalue weighted by molar-refractivity contribution is 0.102. The molecule has 0 saturated carbocycles. The lowest BCUT2D eigenvalue weighted by atomic mass is 9.98. The van der Waals surface area contributed by atoms with E-state index in [-0.39, 0.29) is 5.91 Å². The van der Waals surface area contributed by atoms with Crippen molar-refractivity contribution in [2.24, 2.45) is 0 Å². The fourth-order valence-electron chi connectivity index (χ4n) is 3.58. The Morgan fingerprint density at radius 1 is 1.06 bits per heavy atom. The van der Waals surface area contributed by atoms with Gasteiger partial charge in [-0.05, 0) is 78.9 Å². The number of aromatic nitrogens is 1. The third-order valence-corrected chi connectivity index (χ3v) is 5.84. The van der Waals surface area contributed by atoms with Crippen LogP contribution in [0, 0.1) is 0 Å². The lowest BCUT2D eigenvalue weighted by Crippen LogP contribution is -2.11. The quantitative estimate of drug-likeness (QED) is 0.274. The van der Waals surface area contributed by atoms with E-state index in [2.05, 4.69) is 43.2 Å². The Balaban J connectivity index is 1.48. The molecular formula is C28H30N2O3. The summed E-state index contributed by atoms with van der Waals surface area (Å²) in [6, 6.07) is 20.9. The predicted molar refractivity (Wildman–Crippen MR) is 133 cm³/mol. The van der Waals surface area contributed by atoms with E-state index in [1.165, 1.54) is 5.56 Å². The van der Waals surface area contributed by atoms with Crippen molar-refractivity contribution in [3.05, 3.63) is 77.9 Å². The van der Waals surface area contributed by atoms with Gasteiger partial charge in [-0.3, -0.25) is 4.79 Å². The summed E-state index contributed by atoms with van der Waals surface area (Å²) in [6.45, 7) is 7.20. The van der Waals surface area contributed by atoms with Gasteiger partial charge in [-0.15, -0.1) is 0 Å². The summed E-state index contributed by atoms with van der Waals surface area (Å²) < 4.78 is 11.6. The second-order valence-electron chi connectivity index (χ2n) is 8.32. The van der Waals surface area contributed by atoms with Gasteiger partial charge >= 0.3 is 0 Å². The Bertz CT molecular complexity index is 1230. The summed E-state index contributed by atoms with van der Waals surface area (Å²) in [5.41, 5.74) is 4.93. The molecule has 1 N–H and O–H groups in total. The monoisotopic (exact) mass is 442 g/mol. The Morgan fingerprint density at radius 3 is 2.64 bits per heavy atom. The maximum atomic E-state index is 12.7. The second kappa shape index (κ2) is 10.3. The molecule has 1 heterocycles. The van der Waals surface area contributed by atoms with Crippen LogP contribution in [0.3, 0.4) is 0 Å². The molecule has 1 amide bonds. The highest BCUT2D eigenvalue weighted by Gasteiger charge is 2.12. The minimum absolute atomic E-state index is 0.178. The van der Waals surface area contributed by atoms with Crippen molar-refractivity contribution >= 4 is 22.7 Å². The van der Waals surface area contributed by atoms with Crippen molar-refractivity contribution in [3.63, 3.8) is 0 Å².